The number of hydrogen-bond donors (Lipinski definition) is 1. The number of halogens is 5. The molecule has 2 nitrogen and oxygen atoms in total. The second-order valence-corrected chi connectivity index (χ2v) is 4.55. The van der Waals surface area contributed by atoms with Crippen molar-refractivity contribution in [1.82, 2.24) is 4.90 Å². The summed E-state index contributed by atoms with van der Waals surface area (Å²) < 4.78 is 37.0. The topological polar surface area (TPSA) is 23.5 Å². The smallest absolute Gasteiger partial charge is 0.395 e. The van der Waals surface area contributed by atoms with E-state index >= 15 is 0 Å². The van der Waals surface area contributed by atoms with Crippen molar-refractivity contribution in [3.05, 3.63) is 33.8 Å². The second kappa shape index (κ2) is 6.61. The van der Waals surface area contributed by atoms with Crippen molar-refractivity contribution in [2.24, 2.45) is 0 Å². The molecule has 0 aromatic heterocycles. The van der Waals surface area contributed by atoms with Gasteiger partial charge in [-0.2, -0.15) is 13.2 Å². The molecule has 0 amide bonds. The predicted octanol–water partition coefficient (Wildman–Crippen LogP) is 3.35. The van der Waals surface area contributed by atoms with Crippen LogP contribution in [-0.2, 0) is 6.54 Å². The van der Waals surface area contributed by atoms with Gasteiger partial charge in [0.15, 0.2) is 0 Å². The Labute approximate surface area is 113 Å². The lowest BCUT2D eigenvalue weighted by Crippen LogP contribution is -2.35. The summed E-state index contributed by atoms with van der Waals surface area (Å²) in [7, 11) is 0. The molecular weight excluding hydrogens is 290 g/mol. The highest BCUT2D eigenvalue weighted by molar-refractivity contribution is 6.42. The van der Waals surface area contributed by atoms with E-state index in [1.54, 1.807) is 18.2 Å². The molecule has 0 saturated carbocycles. The van der Waals surface area contributed by atoms with Crippen molar-refractivity contribution < 1.29 is 18.3 Å². The first-order chi connectivity index (χ1) is 8.33. The molecule has 0 unspecified atom stereocenters. The van der Waals surface area contributed by atoms with Crippen molar-refractivity contribution in [1.29, 1.82) is 0 Å². The number of nitrogens with zero attached hydrogens (tertiary/aromatic N) is 1. The molecule has 102 valence electrons. The van der Waals surface area contributed by atoms with Crippen LogP contribution in [0.2, 0.25) is 10.0 Å². The van der Waals surface area contributed by atoms with Gasteiger partial charge in [0.2, 0.25) is 0 Å². The molecule has 0 spiro atoms. The minimum absolute atomic E-state index is 0.0144. The standard InChI is InChI=1S/C11H12Cl2F3NO/c12-9-3-1-2-8(10(9)13)6-17(4-5-18)7-11(14,15)16/h1-3,18H,4-7H2. The van der Waals surface area contributed by atoms with Crippen molar-refractivity contribution >= 4 is 23.2 Å². The van der Waals surface area contributed by atoms with E-state index in [1.165, 1.54) is 0 Å². The largest absolute Gasteiger partial charge is 0.401 e. The predicted molar refractivity (Wildman–Crippen MR) is 64.9 cm³/mol. The average molecular weight is 302 g/mol. The summed E-state index contributed by atoms with van der Waals surface area (Å²) in [6, 6.07) is 4.79. The van der Waals surface area contributed by atoms with Gasteiger partial charge in [0.25, 0.3) is 0 Å². The SMILES string of the molecule is OCCN(Cc1cccc(Cl)c1Cl)CC(F)(F)F. The Morgan fingerprint density at radius 2 is 1.89 bits per heavy atom. The Morgan fingerprint density at radius 1 is 1.22 bits per heavy atom. The van der Waals surface area contributed by atoms with E-state index in [0.717, 1.165) is 4.90 Å². The molecule has 0 aliphatic heterocycles. The highest BCUT2D eigenvalue weighted by atomic mass is 35.5. The van der Waals surface area contributed by atoms with Gasteiger partial charge in [0.1, 0.15) is 0 Å². The van der Waals surface area contributed by atoms with Gasteiger partial charge in [-0.25, -0.2) is 0 Å². The molecule has 0 fully saturated rings. The van der Waals surface area contributed by atoms with Crippen LogP contribution in [-0.4, -0.2) is 35.9 Å². The van der Waals surface area contributed by atoms with Gasteiger partial charge in [-0.05, 0) is 11.6 Å². The minimum Gasteiger partial charge on any atom is -0.395 e. The van der Waals surface area contributed by atoms with Crippen LogP contribution in [0.3, 0.4) is 0 Å². The summed E-state index contributed by atoms with van der Waals surface area (Å²) in [5.41, 5.74) is 0.502. The molecule has 0 radical (unpaired) electrons. The number of aliphatic hydroxyl groups is 1. The third-order valence-electron chi connectivity index (χ3n) is 2.24. The summed E-state index contributed by atoms with van der Waals surface area (Å²) in [5, 5.41) is 9.30. The minimum atomic E-state index is -4.32. The third kappa shape index (κ3) is 5.02. The van der Waals surface area contributed by atoms with E-state index in [9.17, 15) is 13.2 Å². The molecule has 1 rings (SSSR count). The Hall–Kier alpha value is -0.490. The van der Waals surface area contributed by atoms with Crippen molar-refractivity contribution in [2.45, 2.75) is 12.7 Å². The van der Waals surface area contributed by atoms with Crippen LogP contribution in [0, 0.1) is 0 Å². The molecule has 0 bridgehead atoms. The number of rotatable bonds is 5. The van der Waals surface area contributed by atoms with Gasteiger partial charge in [-0.15, -0.1) is 0 Å². The van der Waals surface area contributed by atoms with Gasteiger partial charge in [0, 0.05) is 13.1 Å². The molecule has 1 aromatic carbocycles. The van der Waals surface area contributed by atoms with Crippen molar-refractivity contribution in [3.8, 4) is 0 Å². The van der Waals surface area contributed by atoms with E-state index in [1.807, 2.05) is 0 Å². The van der Waals surface area contributed by atoms with Gasteiger partial charge in [-0.1, -0.05) is 35.3 Å². The van der Waals surface area contributed by atoms with Crippen LogP contribution >= 0.6 is 23.2 Å². The lowest BCUT2D eigenvalue weighted by molar-refractivity contribution is -0.147. The number of benzene rings is 1. The summed E-state index contributed by atoms with van der Waals surface area (Å²) in [5.74, 6) is 0. The zero-order valence-electron chi connectivity index (χ0n) is 9.34. The lowest BCUT2D eigenvalue weighted by Gasteiger charge is -2.23. The normalized spacial score (nSPS) is 12.2. The van der Waals surface area contributed by atoms with Crippen LogP contribution < -0.4 is 0 Å². The van der Waals surface area contributed by atoms with Gasteiger partial charge in [-0.3, -0.25) is 4.90 Å². The van der Waals surface area contributed by atoms with Crippen LogP contribution in [0.25, 0.3) is 0 Å². The van der Waals surface area contributed by atoms with Gasteiger partial charge in [0.05, 0.1) is 23.2 Å². The Kier molecular flexibility index (Phi) is 5.72. The first-order valence-electron chi connectivity index (χ1n) is 5.16. The molecular formula is C11H12Cl2F3NO. The first-order valence-corrected chi connectivity index (χ1v) is 5.92. The average Bonchev–Trinajstić information content (AvgIpc) is 2.23. The van der Waals surface area contributed by atoms with E-state index < -0.39 is 12.7 Å². The maximum atomic E-state index is 12.3. The fourth-order valence-corrected chi connectivity index (χ4v) is 1.90. The van der Waals surface area contributed by atoms with E-state index in [4.69, 9.17) is 28.3 Å². The third-order valence-corrected chi connectivity index (χ3v) is 3.10. The molecule has 7 heteroatoms. The Bertz CT molecular complexity index is 398. The molecule has 1 aromatic rings. The number of alkyl halides is 3. The number of hydrogen-bond acceptors (Lipinski definition) is 2. The zero-order valence-corrected chi connectivity index (χ0v) is 10.9. The van der Waals surface area contributed by atoms with E-state index in [-0.39, 0.29) is 24.7 Å². The summed E-state index contributed by atoms with van der Waals surface area (Å²) in [6.07, 6.45) is -4.32. The van der Waals surface area contributed by atoms with Gasteiger partial charge >= 0.3 is 6.18 Å². The van der Waals surface area contributed by atoms with Gasteiger partial charge < -0.3 is 5.11 Å². The fourth-order valence-electron chi connectivity index (χ4n) is 1.52. The summed E-state index contributed by atoms with van der Waals surface area (Å²) in [4.78, 5) is 1.07. The Morgan fingerprint density at radius 3 is 2.44 bits per heavy atom. The Balaban J connectivity index is 2.80. The quantitative estimate of drug-likeness (QED) is 0.901. The maximum absolute atomic E-state index is 12.3. The van der Waals surface area contributed by atoms with E-state index in [2.05, 4.69) is 0 Å². The first kappa shape index (κ1) is 15.6. The summed E-state index contributed by atoms with van der Waals surface area (Å²) in [6.45, 7) is -1.55. The monoisotopic (exact) mass is 301 g/mol. The van der Waals surface area contributed by atoms with Crippen LogP contribution in [0.4, 0.5) is 13.2 Å². The van der Waals surface area contributed by atoms with Crippen LogP contribution in [0.15, 0.2) is 18.2 Å². The zero-order chi connectivity index (χ0) is 13.8. The highest BCUT2D eigenvalue weighted by Crippen LogP contribution is 2.27. The molecule has 0 aliphatic rings. The molecule has 0 aliphatic carbocycles. The van der Waals surface area contributed by atoms with E-state index in [0.29, 0.717) is 10.6 Å². The van der Waals surface area contributed by atoms with Crippen LogP contribution in [0.5, 0.6) is 0 Å². The summed E-state index contributed by atoms with van der Waals surface area (Å²) >= 11 is 11.7. The number of aliphatic hydroxyl groups excluding tert-OH is 1. The highest BCUT2D eigenvalue weighted by Gasteiger charge is 2.30. The molecule has 0 saturated heterocycles. The molecule has 0 heterocycles. The second-order valence-electron chi connectivity index (χ2n) is 3.76. The molecule has 0 atom stereocenters. The fraction of sp³-hybridized carbons (Fsp3) is 0.455. The lowest BCUT2D eigenvalue weighted by atomic mass is 10.2. The maximum Gasteiger partial charge on any atom is 0.401 e. The van der Waals surface area contributed by atoms with Crippen LogP contribution in [0.1, 0.15) is 5.56 Å². The van der Waals surface area contributed by atoms with Crippen molar-refractivity contribution in [3.63, 3.8) is 0 Å². The molecule has 1 N–H and O–H groups in total. The molecule has 18 heavy (non-hydrogen) atoms. The van der Waals surface area contributed by atoms with Crippen molar-refractivity contribution in [2.75, 3.05) is 19.7 Å².